The molecule has 2 aliphatic heterocycles. The summed E-state index contributed by atoms with van der Waals surface area (Å²) in [6, 6.07) is 4.98. The molecule has 4 rings (SSSR count). The highest BCUT2D eigenvalue weighted by Gasteiger charge is 2.46. The van der Waals surface area contributed by atoms with Crippen molar-refractivity contribution in [2.75, 3.05) is 41.7 Å². The van der Waals surface area contributed by atoms with Gasteiger partial charge < -0.3 is 78.7 Å². The van der Waals surface area contributed by atoms with E-state index in [9.17, 15) is 40.9 Å². The van der Waals surface area contributed by atoms with E-state index in [2.05, 4.69) is 0 Å². The molecule has 0 aliphatic carbocycles. The molecule has 8 N–H and O–H groups in total. The van der Waals surface area contributed by atoms with Gasteiger partial charge in [0, 0.05) is 5.56 Å². The van der Waals surface area contributed by atoms with Gasteiger partial charge in [-0.05, 0) is 42.2 Å². The van der Waals surface area contributed by atoms with E-state index in [1.807, 2.05) is 25.2 Å². The van der Waals surface area contributed by atoms with Crippen molar-refractivity contribution >= 4 is 12.2 Å². The normalized spacial score (nSPS) is 29.7. The number of aliphatic hydroxyl groups excluding tert-OH is 8. The second-order valence-corrected chi connectivity index (χ2v) is 11.8. The van der Waals surface area contributed by atoms with E-state index in [-0.39, 0.29) is 40.9 Å². The SMILES string of the molecule is CCC=Cc1cc(OC)c(O[C@@H]2O[C@H](CO)[C@@H](O)[C@H](O)[C@H]2O)c(OC)c1CC=Cc1cc(OC)c(O[C@@H]2O[C@H](CO)[C@@H](O)[C@H](O)[C@H]2O)c(OC)c1. The number of hydrogen-bond acceptors (Lipinski definition) is 16. The Hall–Kier alpha value is -3.68. The van der Waals surface area contributed by atoms with Crippen LogP contribution in [-0.2, 0) is 15.9 Å². The van der Waals surface area contributed by atoms with Crippen LogP contribution >= 0.6 is 0 Å². The van der Waals surface area contributed by atoms with Crippen molar-refractivity contribution < 1.29 is 78.7 Å². The van der Waals surface area contributed by atoms with Gasteiger partial charge in [-0.15, -0.1) is 0 Å². The quantitative estimate of drug-likeness (QED) is 0.118. The minimum atomic E-state index is -1.67. The highest BCUT2D eigenvalue weighted by Crippen LogP contribution is 2.45. The molecule has 0 saturated carbocycles. The summed E-state index contributed by atoms with van der Waals surface area (Å²) < 4.78 is 45.4. The van der Waals surface area contributed by atoms with Gasteiger partial charge in [0.15, 0.2) is 23.0 Å². The molecule has 0 unspecified atom stereocenters. The Morgan fingerprint density at radius 3 is 1.53 bits per heavy atom. The van der Waals surface area contributed by atoms with Gasteiger partial charge in [0.25, 0.3) is 0 Å². The van der Waals surface area contributed by atoms with Crippen LogP contribution in [-0.4, -0.2) is 144 Å². The number of rotatable bonds is 15. The predicted octanol–water partition coefficient (Wildman–Crippen LogP) is -0.242. The average Bonchev–Trinajstić information content (AvgIpc) is 3.14. The largest absolute Gasteiger partial charge is 0.493 e. The predicted molar refractivity (Wildman–Crippen MR) is 180 cm³/mol. The zero-order chi connectivity index (χ0) is 37.4. The van der Waals surface area contributed by atoms with Crippen LogP contribution in [0.3, 0.4) is 0 Å². The van der Waals surface area contributed by atoms with E-state index in [4.69, 9.17) is 37.9 Å². The van der Waals surface area contributed by atoms with Gasteiger partial charge >= 0.3 is 0 Å². The van der Waals surface area contributed by atoms with Gasteiger partial charge in [-0.3, -0.25) is 0 Å². The highest BCUT2D eigenvalue weighted by molar-refractivity contribution is 5.69. The van der Waals surface area contributed by atoms with Crippen molar-refractivity contribution in [1.29, 1.82) is 0 Å². The molecule has 0 radical (unpaired) electrons. The molecule has 2 aromatic carbocycles. The number of benzene rings is 2. The van der Waals surface area contributed by atoms with Crippen LogP contribution in [0.1, 0.15) is 30.0 Å². The minimum Gasteiger partial charge on any atom is -0.493 e. The standard InChI is InChI=1S/C35H48O16/c1-6-7-10-18-14-22(46-4)33(51-35-30(43)28(41)26(39)24(16-37)49-35)31(47-5)19(18)11-8-9-17-12-20(44-2)32(21(13-17)45-3)50-34-29(42)27(40)25(38)23(15-36)48-34/h7-10,12-14,23-30,34-43H,6,11,15-16H2,1-5H3/t23-,24-,25-,26-,27+,28+,29-,30-,34+,35+/m1/s1. The summed E-state index contributed by atoms with van der Waals surface area (Å²) in [7, 11) is 5.65. The van der Waals surface area contributed by atoms with Crippen molar-refractivity contribution in [1.82, 2.24) is 0 Å². The fourth-order valence-corrected chi connectivity index (χ4v) is 5.74. The topological polar surface area (TPSA) is 236 Å². The van der Waals surface area contributed by atoms with E-state index in [0.717, 1.165) is 12.0 Å². The smallest absolute Gasteiger partial charge is 0.229 e. The molecular weight excluding hydrogens is 676 g/mol. The summed E-state index contributed by atoms with van der Waals surface area (Å²) in [5.41, 5.74) is 2.00. The first-order valence-corrected chi connectivity index (χ1v) is 16.3. The lowest BCUT2D eigenvalue weighted by Crippen LogP contribution is -2.60. The second kappa shape index (κ2) is 18.2. The lowest BCUT2D eigenvalue weighted by Gasteiger charge is -2.39. The second-order valence-electron chi connectivity index (χ2n) is 11.8. The summed E-state index contributed by atoms with van der Waals surface area (Å²) in [5.74, 6) is 0.950. The molecule has 2 fully saturated rings. The Kier molecular flexibility index (Phi) is 14.3. The lowest BCUT2D eigenvalue weighted by atomic mass is 9.98. The maximum Gasteiger partial charge on any atom is 0.229 e. The molecule has 16 heteroatoms. The number of aliphatic hydroxyl groups is 8. The Morgan fingerprint density at radius 2 is 1.08 bits per heavy atom. The maximum atomic E-state index is 10.6. The van der Waals surface area contributed by atoms with Crippen molar-refractivity contribution in [2.24, 2.45) is 0 Å². The van der Waals surface area contributed by atoms with Crippen molar-refractivity contribution in [3.8, 4) is 34.5 Å². The van der Waals surface area contributed by atoms with E-state index in [1.165, 1.54) is 28.4 Å². The maximum absolute atomic E-state index is 10.6. The molecular formula is C35H48O16. The van der Waals surface area contributed by atoms with E-state index in [1.54, 1.807) is 24.3 Å². The van der Waals surface area contributed by atoms with Crippen molar-refractivity contribution in [3.63, 3.8) is 0 Å². The highest BCUT2D eigenvalue weighted by atomic mass is 16.7. The molecule has 284 valence electrons. The fraction of sp³-hybridized carbons (Fsp3) is 0.543. The van der Waals surface area contributed by atoms with Crippen LogP contribution < -0.4 is 28.4 Å². The van der Waals surface area contributed by atoms with Crippen LogP contribution in [0.15, 0.2) is 30.4 Å². The molecule has 2 aromatic rings. The Labute approximate surface area is 295 Å². The first-order chi connectivity index (χ1) is 24.5. The molecule has 2 saturated heterocycles. The third-order valence-electron chi connectivity index (χ3n) is 8.58. The summed E-state index contributed by atoms with van der Waals surface area (Å²) >= 11 is 0. The summed E-state index contributed by atoms with van der Waals surface area (Å²) in [6.07, 6.45) is -6.62. The van der Waals surface area contributed by atoms with Gasteiger partial charge in [-0.1, -0.05) is 31.2 Å². The minimum absolute atomic E-state index is 0.0419. The molecule has 0 amide bonds. The Morgan fingerprint density at radius 1 is 0.588 bits per heavy atom. The van der Waals surface area contributed by atoms with E-state index >= 15 is 0 Å². The van der Waals surface area contributed by atoms with Crippen LogP contribution in [0.25, 0.3) is 12.2 Å². The van der Waals surface area contributed by atoms with Crippen LogP contribution in [0, 0.1) is 0 Å². The number of methoxy groups -OCH3 is 4. The molecule has 0 aromatic heterocycles. The van der Waals surface area contributed by atoms with Crippen LogP contribution in [0.4, 0.5) is 0 Å². The Bertz CT molecular complexity index is 1470. The first kappa shape index (κ1) is 40.1. The molecule has 0 spiro atoms. The van der Waals surface area contributed by atoms with Gasteiger partial charge in [0.1, 0.15) is 48.8 Å². The van der Waals surface area contributed by atoms with E-state index < -0.39 is 74.6 Å². The van der Waals surface area contributed by atoms with Gasteiger partial charge in [-0.25, -0.2) is 0 Å². The molecule has 51 heavy (non-hydrogen) atoms. The first-order valence-electron chi connectivity index (χ1n) is 16.3. The summed E-state index contributed by atoms with van der Waals surface area (Å²) in [4.78, 5) is 0. The lowest BCUT2D eigenvalue weighted by molar-refractivity contribution is -0.277. The molecule has 16 nitrogen and oxygen atoms in total. The van der Waals surface area contributed by atoms with Crippen LogP contribution in [0.2, 0.25) is 0 Å². The van der Waals surface area contributed by atoms with Crippen LogP contribution in [0.5, 0.6) is 34.5 Å². The van der Waals surface area contributed by atoms with Crippen molar-refractivity contribution in [2.45, 2.75) is 81.2 Å². The third kappa shape index (κ3) is 8.69. The Balaban J connectivity index is 1.67. The number of allylic oxidation sites excluding steroid dienone is 2. The zero-order valence-electron chi connectivity index (χ0n) is 29.0. The molecule has 10 atom stereocenters. The third-order valence-corrected chi connectivity index (χ3v) is 8.58. The average molecular weight is 725 g/mol. The van der Waals surface area contributed by atoms with Gasteiger partial charge in [-0.2, -0.15) is 0 Å². The molecule has 0 bridgehead atoms. The van der Waals surface area contributed by atoms with Gasteiger partial charge in [0.05, 0.1) is 41.7 Å². The monoisotopic (exact) mass is 724 g/mol. The molecule has 2 aliphatic rings. The summed E-state index contributed by atoms with van der Waals surface area (Å²) in [6.45, 7) is 0.720. The summed E-state index contributed by atoms with van der Waals surface area (Å²) in [5, 5.41) is 81.2. The molecule has 2 heterocycles. The fourth-order valence-electron chi connectivity index (χ4n) is 5.74. The van der Waals surface area contributed by atoms with Crippen molar-refractivity contribution in [3.05, 3.63) is 47.0 Å². The number of ether oxygens (including phenoxy) is 8. The van der Waals surface area contributed by atoms with E-state index in [0.29, 0.717) is 11.1 Å². The zero-order valence-corrected chi connectivity index (χ0v) is 29.0. The number of hydrogen-bond donors (Lipinski definition) is 8. The van der Waals surface area contributed by atoms with Gasteiger partial charge in [0.2, 0.25) is 24.1 Å².